The van der Waals surface area contributed by atoms with E-state index < -0.39 is 12.0 Å². The zero-order valence-electron chi connectivity index (χ0n) is 23.7. The van der Waals surface area contributed by atoms with E-state index in [1.807, 2.05) is 78.6 Å². The summed E-state index contributed by atoms with van der Waals surface area (Å²) in [5.74, 6) is 0.540. The highest BCUT2D eigenvalue weighted by Crippen LogP contribution is 2.44. The van der Waals surface area contributed by atoms with Crippen LogP contribution < -0.4 is 14.8 Å². The molecular formula is C32H34N4O5S. The van der Waals surface area contributed by atoms with E-state index in [2.05, 4.69) is 15.2 Å². The van der Waals surface area contributed by atoms with Gasteiger partial charge in [-0.15, -0.1) is 0 Å². The predicted octanol–water partition coefficient (Wildman–Crippen LogP) is 4.96. The molecule has 9 nitrogen and oxygen atoms in total. The maximum Gasteiger partial charge on any atom is 0.254 e. The van der Waals surface area contributed by atoms with Crippen LogP contribution in [0.25, 0.3) is 10.2 Å². The summed E-state index contributed by atoms with van der Waals surface area (Å²) in [6.45, 7) is 6.66. The van der Waals surface area contributed by atoms with Gasteiger partial charge in [-0.1, -0.05) is 41.7 Å². The minimum Gasteiger partial charge on any atom is -0.497 e. The number of fused-ring (bicyclic) bond motifs is 2. The number of hydrogen-bond donors (Lipinski definition) is 1. The molecule has 1 saturated heterocycles. The van der Waals surface area contributed by atoms with Crippen LogP contribution in [0.5, 0.6) is 11.5 Å². The van der Waals surface area contributed by atoms with Crippen LogP contribution >= 0.6 is 11.3 Å². The predicted molar refractivity (Wildman–Crippen MR) is 163 cm³/mol. The number of benzene rings is 3. The van der Waals surface area contributed by atoms with Crippen LogP contribution in [-0.2, 0) is 9.53 Å². The Hall–Kier alpha value is -3.99. The van der Waals surface area contributed by atoms with Gasteiger partial charge in [0.1, 0.15) is 11.5 Å². The van der Waals surface area contributed by atoms with Gasteiger partial charge < -0.3 is 24.4 Å². The third-order valence-corrected chi connectivity index (χ3v) is 8.77. The van der Waals surface area contributed by atoms with Crippen LogP contribution in [0.3, 0.4) is 0 Å². The average molecular weight is 587 g/mol. The molecule has 6 rings (SSSR count). The van der Waals surface area contributed by atoms with Crippen LogP contribution in [0.2, 0.25) is 0 Å². The van der Waals surface area contributed by atoms with E-state index in [0.717, 1.165) is 40.4 Å². The van der Waals surface area contributed by atoms with Gasteiger partial charge in [0.25, 0.3) is 5.91 Å². The molecule has 2 amide bonds. The number of carbonyl (C=O) groups is 2. The number of anilines is 1. The molecular weight excluding hydrogens is 552 g/mol. The third kappa shape index (κ3) is 5.70. The summed E-state index contributed by atoms with van der Waals surface area (Å²) in [7, 11) is 1.62. The number of hydrogen-bond acceptors (Lipinski definition) is 8. The molecule has 1 fully saturated rings. The van der Waals surface area contributed by atoms with Crippen molar-refractivity contribution in [2.75, 3.05) is 58.4 Å². The topological polar surface area (TPSA) is 93.2 Å². The Morgan fingerprint density at radius 1 is 1.05 bits per heavy atom. The number of aromatic nitrogens is 1. The highest BCUT2D eigenvalue weighted by atomic mass is 32.1. The fraction of sp³-hybridized carbons (Fsp3) is 0.344. The fourth-order valence-corrected chi connectivity index (χ4v) is 6.66. The fourth-order valence-electron chi connectivity index (χ4n) is 5.76. The molecule has 10 heteroatoms. The van der Waals surface area contributed by atoms with Crippen molar-refractivity contribution >= 4 is 38.5 Å². The molecule has 0 bridgehead atoms. The van der Waals surface area contributed by atoms with Crippen LogP contribution in [0.15, 0.2) is 66.7 Å². The summed E-state index contributed by atoms with van der Waals surface area (Å²) >= 11 is 1.40. The number of amides is 2. The zero-order chi connectivity index (χ0) is 29.1. The maximum atomic E-state index is 14.3. The summed E-state index contributed by atoms with van der Waals surface area (Å²) in [5, 5.41) is 3.59. The number of morpholine rings is 1. The van der Waals surface area contributed by atoms with Gasteiger partial charge in [0, 0.05) is 31.7 Å². The van der Waals surface area contributed by atoms with Crippen molar-refractivity contribution in [1.82, 2.24) is 14.8 Å². The Kier molecular flexibility index (Phi) is 8.36. The van der Waals surface area contributed by atoms with Gasteiger partial charge in [0.2, 0.25) is 5.91 Å². The molecule has 4 aromatic rings. The number of nitrogens with one attached hydrogen (secondary N) is 1. The molecule has 0 radical (unpaired) electrons. The van der Waals surface area contributed by atoms with Gasteiger partial charge in [0.15, 0.2) is 5.13 Å². The van der Waals surface area contributed by atoms with Crippen molar-refractivity contribution in [3.8, 4) is 11.5 Å². The lowest BCUT2D eigenvalue weighted by molar-refractivity contribution is -0.119. The largest absolute Gasteiger partial charge is 0.497 e. The van der Waals surface area contributed by atoms with Crippen molar-refractivity contribution in [1.29, 1.82) is 0 Å². The van der Waals surface area contributed by atoms with Crippen molar-refractivity contribution < 1.29 is 23.8 Å². The van der Waals surface area contributed by atoms with E-state index in [-0.39, 0.29) is 11.8 Å². The second-order valence-corrected chi connectivity index (χ2v) is 11.3. The standard InChI is InChI=1S/C32H34N4O5S/c1-3-41-22-10-8-21(9-11-22)29-28(30(37)34-32-33-26-13-12-23(39-2)20-27(26)42-32)24-6-4-5-7-25(24)31(38)36(29)15-14-35-16-18-40-19-17-35/h4-13,20,28-29H,3,14-19H2,1-2H3,(H,33,34,37)/t28-,29-/m1/s1. The Labute approximate surface area is 249 Å². The molecule has 3 heterocycles. The van der Waals surface area contributed by atoms with Gasteiger partial charge in [-0.2, -0.15) is 0 Å². The Morgan fingerprint density at radius 3 is 2.57 bits per heavy atom. The monoisotopic (exact) mass is 586 g/mol. The first-order valence-corrected chi connectivity index (χ1v) is 15.1. The van der Waals surface area contributed by atoms with Crippen LogP contribution in [0.1, 0.15) is 40.4 Å². The molecule has 0 unspecified atom stereocenters. The number of ether oxygens (including phenoxy) is 3. The summed E-state index contributed by atoms with van der Waals surface area (Å²) in [6, 6.07) is 20.3. The normalized spacial score (nSPS) is 19.0. The second kappa shape index (κ2) is 12.5. The Balaban J connectivity index is 1.38. The molecule has 0 spiro atoms. The van der Waals surface area contributed by atoms with Crippen LogP contribution in [0, 0.1) is 0 Å². The molecule has 1 aromatic heterocycles. The SMILES string of the molecule is CCOc1ccc([C@@H]2[C@H](C(=O)Nc3nc4ccc(OC)cc4s3)c3ccccc3C(=O)N2CCN2CCOCC2)cc1. The van der Waals surface area contributed by atoms with E-state index in [1.54, 1.807) is 7.11 Å². The van der Waals surface area contributed by atoms with E-state index in [9.17, 15) is 9.59 Å². The molecule has 2 aliphatic rings. The van der Waals surface area contributed by atoms with Gasteiger partial charge in [0.05, 0.1) is 49.1 Å². The van der Waals surface area contributed by atoms with Gasteiger partial charge in [-0.25, -0.2) is 4.98 Å². The molecule has 0 aliphatic carbocycles. The highest BCUT2D eigenvalue weighted by molar-refractivity contribution is 7.22. The molecule has 2 aliphatic heterocycles. The van der Waals surface area contributed by atoms with Gasteiger partial charge in [-0.3, -0.25) is 14.5 Å². The smallest absolute Gasteiger partial charge is 0.254 e. The zero-order valence-corrected chi connectivity index (χ0v) is 24.6. The summed E-state index contributed by atoms with van der Waals surface area (Å²) in [6.07, 6.45) is 0. The number of nitrogens with zero attached hydrogens (tertiary/aromatic N) is 3. The molecule has 3 aromatic carbocycles. The van der Waals surface area contributed by atoms with E-state index in [4.69, 9.17) is 14.2 Å². The van der Waals surface area contributed by atoms with Crippen molar-refractivity contribution in [3.05, 3.63) is 83.4 Å². The highest BCUT2D eigenvalue weighted by Gasteiger charge is 2.44. The summed E-state index contributed by atoms with van der Waals surface area (Å²) in [4.78, 5) is 37.2. The molecule has 0 saturated carbocycles. The quantitative estimate of drug-likeness (QED) is 0.297. The number of rotatable bonds is 9. The lowest BCUT2D eigenvalue weighted by atomic mass is 9.79. The first-order chi connectivity index (χ1) is 20.6. The minimum atomic E-state index is -0.650. The average Bonchev–Trinajstić information content (AvgIpc) is 3.43. The van der Waals surface area contributed by atoms with Gasteiger partial charge >= 0.3 is 0 Å². The second-order valence-electron chi connectivity index (χ2n) is 10.3. The first-order valence-electron chi connectivity index (χ1n) is 14.2. The molecule has 42 heavy (non-hydrogen) atoms. The van der Waals surface area contributed by atoms with Crippen molar-refractivity contribution in [2.45, 2.75) is 18.9 Å². The summed E-state index contributed by atoms with van der Waals surface area (Å²) in [5.41, 5.74) is 2.92. The van der Waals surface area contributed by atoms with Crippen LogP contribution in [0.4, 0.5) is 5.13 Å². The maximum absolute atomic E-state index is 14.3. The van der Waals surface area contributed by atoms with Crippen LogP contribution in [-0.4, -0.2) is 79.7 Å². The number of carbonyl (C=O) groups excluding carboxylic acids is 2. The Bertz CT molecular complexity index is 1570. The molecule has 218 valence electrons. The van der Waals surface area contributed by atoms with Gasteiger partial charge in [-0.05, 0) is 54.4 Å². The molecule has 2 atom stereocenters. The van der Waals surface area contributed by atoms with Crippen molar-refractivity contribution in [2.24, 2.45) is 0 Å². The van der Waals surface area contributed by atoms with E-state index in [1.165, 1.54) is 11.3 Å². The first kappa shape index (κ1) is 28.1. The van der Waals surface area contributed by atoms with E-state index in [0.29, 0.717) is 49.2 Å². The third-order valence-electron chi connectivity index (χ3n) is 7.84. The number of thiazole rings is 1. The number of methoxy groups -OCH3 is 1. The summed E-state index contributed by atoms with van der Waals surface area (Å²) < 4.78 is 17.5. The lowest BCUT2D eigenvalue weighted by Gasteiger charge is -2.42. The lowest BCUT2D eigenvalue weighted by Crippen LogP contribution is -2.49. The Morgan fingerprint density at radius 2 is 1.81 bits per heavy atom. The minimum absolute atomic E-state index is 0.0751. The van der Waals surface area contributed by atoms with E-state index >= 15 is 0 Å². The van der Waals surface area contributed by atoms with Crippen molar-refractivity contribution in [3.63, 3.8) is 0 Å². The molecule has 1 N–H and O–H groups in total.